The predicted octanol–water partition coefficient (Wildman–Crippen LogP) is 2.15. The Kier molecular flexibility index (Phi) is 6.92. The third kappa shape index (κ3) is 5.13. The Bertz CT molecular complexity index is 521. The van der Waals surface area contributed by atoms with E-state index in [-0.39, 0.29) is 17.5 Å². The van der Waals surface area contributed by atoms with E-state index in [1.54, 1.807) is 12.1 Å². The van der Waals surface area contributed by atoms with Gasteiger partial charge in [0.2, 0.25) is 10.0 Å². The van der Waals surface area contributed by atoms with Crippen molar-refractivity contribution in [2.75, 3.05) is 27.4 Å². The normalized spacial score (nSPS) is 13.5. The molecule has 0 saturated heterocycles. The van der Waals surface area contributed by atoms with Gasteiger partial charge in [-0.1, -0.05) is 15.9 Å². The molecule has 0 aliphatic heterocycles. The Morgan fingerprint density at radius 1 is 1.32 bits per heavy atom. The van der Waals surface area contributed by atoms with Crippen LogP contribution >= 0.6 is 31.9 Å². The van der Waals surface area contributed by atoms with Crippen LogP contribution in [0.4, 0.5) is 0 Å². The van der Waals surface area contributed by atoms with Crippen LogP contribution in [0.2, 0.25) is 0 Å². The Morgan fingerprint density at radius 2 is 2.00 bits per heavy atom. The first kappa shape index (κ1) is 17.1. The highest BCUT2D eigenvalue weighted by Crippen LogP contribution is 2.25. The minimum Gasteiger partial charge on any atom is -0.382 e. The van der Waals surface area contributed by atoms with E-state index in [0.29, 0.717) is 11.1 Å². The second kappa shape index (κ2) is 7.70. The Hall–Kier alpha value is 0.01000. The summed E-state index contributed by atoms with van der Waals surface area (Å²) in [6, 6.07) is 4.87. The third-order valence-corrected chi connectivity index (χ3v) is 5.26. The van der Waals surface area contributed by atoms with Gasteiger partial charge in [0.05, 0.1) is 17.6 Å². The zero-order chi connectivity index (χ0) is 14.5. The predicted molar refractivity (Wildman–Crippen MR) is 79.7 cm³/mol. The average Bonchev–Trinajstić information content (AvgIpc) is 2.34. The molecular weight excluding hydrogens is 402 g/mol. The van der Waals surface area contributed by atoms with Gasteiger partial charge < -0.3 is 9.47 Å². The molecule has 0 spiro atoms. The van der Waals surface area contributed by atoms with E-state index in [1.165, 1.54) is 20.3 Å². The van der Waals surface area contributed by atoms with Crippen molar-refractivity contribution in [2.45, 2.75) is 11.0 Å². The molecule has 0 amide bonds. The van der Waals surface area contributed by atoms with Gasteiger partial charge in [-0.05, 0) is 34.1 Å². The standard InChI is InChI=1S/C11H15Br2NO4S/c1-17-7-9(18-2)6-14-19(15,16)11-4-3-8(12)5-10(11)13/h3-5,9,14H,6-7H2,1-2H3. The molecule has 0 aliphatic rings. The SMILES string of the molecule is COCC(CNS(=O)(=O)c1ccc(Br)cc1Br)OC. The lowest BCUT2D eigenvalue weighted by atomic mass is 10.4. The Balaban J connectivity index is 2.81. The number of benzene rings is 1. The average molecular weight is 417 g/mol. The van der Waals surface area contributed by atoms with Crippen molar-refractivity contribution in [3.8, 4) is 0 Å². The van der Waals surface area contributed by atoms with E-state index in [1.807, 2.05) is 0 Å². The summed E-state index contributed by atoms with van der Waals surface area (Å²) in [4.78, 5) is 0.183. The summed E-state index contributed by atoms with van der Waals surface area (Å²) >= 11 is 6.51. The number of hydrogen-bond acceptors (Lipinski definition) is 4. The van der Waals surface area contributed by atoms with Crippen molar-refractivity contribution in [3.05, 3.63) is 27.1 Å². The van der Waals surface area contributed by atoms with E-state index in [2.05, 4.69) is 36.6 Å². The monoisotopic (exact) mass is 415 g/mol. The van der Waals surface area contributed by atoms with Gasteiger partial charge in [0, 0.05) is 29.7 Å². The number of sulfonamides is 1. The van der Waals surface area contributed by atoms with Crippen molar-refractivity contribution in [1.82, 2.24) is 4.72 Å². The minimum atomic E-state index is -3.58. The fraction of sp³-hybridized carbons (Fsp3) is 0.455. The van der Waals surface area contributed by atoms with Crippen LogP contribution in [-0.4, -0.2) is 41.9 Å². The summed E-state index contributed by atoms with van der Waals surface area (Å²) in [6.07, 6.45) is -0.325. The maximum Gasteiger partial charge on any atom is 0.241 e. The van der Waals surface area contributed by atoms with Gasteiger partial charge in [-0.15, -0.1) is 0 Å². The maximum absolute atomic E-state index is 12.1. The van der Waals surface area contributed by atoms with Crippen molar-refractivity contribution >= 4 is 41.9 Å². The number of nitrogens with one attached hydrogen (secondary N) is 1. The first-order valence-corrected chi connectivity index (χ1v) is 8.44. The summed E-state index contributed by atoms with van der Waals surface area (Å²) in [7, 11) is -0.543. The molecule has 0 bridgehead atoms. The van der Waals surface area contributed by atoms with Crippen LogP contribution in [0.5, 0.6) is 0 Å². The number of hydrogen-bond donors (Lipinski definition) is 1. The molecule has 0 radical (unpaired) electrons. The number of rotatable bonds is 7. The Labute approximate surface area is 130 Å². The fourth-order valence-corrected chi connectivity index (χ4v) is 4.18. The molecule has 19 heavy (non-hydrogen) atoms. The van der Waals surface area contributed by atoms with E-state index in [0.717, 1.165) is 4.47 Å². The third-order valence-electron chi connectivity index (χ3n) is 2.37. The van der Waals surface area contributed by atoms with Gasteiger partial charge in [0.1, 0.15) is 0 Å². The molecule has 108 valence electrons. The summed E-state index contributed by atoms with van der Waals surface area (Å²) < 4.78 is 38.1. The molecule has 1 rings (SSSR count). The maximum atomic E-state index is 12.1. The topological polar surface area (TPSA) is 64.6 Å². The highest BCUT2D eigenvalue weighted by atomic mass is 79.9. The molecule has 0 aromatic heterocycles. The van der Waals surface area contributed by atoms with Crippen molar-refractivity contribution in [3.63, 3.8) is 0 Å². The van der Waals surface area contributed by atoms with Gasteiger partial charge >= 0.3 is 0 Å². The lowest BCUT2D eigenvalue weighted by Crippen LogP contribution is -2.35. The lowest BCUT2D eigenvalue weighted by Gasteiger charge is -2.15. The van der Waals surface area contributed by atoms with Crippen LogP contribution in [0.15, 0.2) is 32.0 Å². The van der Waals surface area contributed by atoms with Crippen LogP contribution in [-0.2, 0) is 19.5 Å². The van der Waals surface area contributed by atoms with Crippen molar-refractivity contribution in [2.24, 2.45) is 0 Å². The van der Waals surface area contributed by atoms with Gasteiger partial charge in [0.25, 0.3) is 0 Å². The van der Waals surface area contributed by atoms with Crippen LogP contribution in [0.1, 0.15) is 0 Å². The molecule has 5 nitrogen and oxygen atoms in total. The van der Waals surface area contributed by atoms with E-state index in [9.17, 15) is 8.42 Å². The van der Waals surface area contributed by atoms with Crippen LogP contribution in [0.3, 0.4) is 0 Å². The van der Waals surface area contributed by atoms with Crippen LogP contribution < -0.4 is 4.72 Å². The van der Waals surface area contributed by atoms with Gasteiger partial charge in [-0.25, -0.2) is 13.1 Å². The van der Waals surface area contributed by atoms with Gasteiger partial charge in [0.15, 0.2) is 0 Å². The summed E-state index contributed by atoms with van der Waals surface area (Å²) in [5.74, 6) is 0. The van der Waals surface area contributed by atoms with Crippen molar-refractivity contribution < 1.29 is 17.9 Å². The van der Waals surface area contributed by atoms with Gasteiger partial charge in [-0.2, -0.15) is 0 Å². The molecule has 0 saturated carbocycles. The number of methoxy groups -OCH3 is 2. The zero-order valence-electron chi connectivity index (χ0n) is 10.5. The molecule has 8 heteroatoms. The summed E-state index contributed by atoms with van der Waals surface area (Å²) in [5.41, 5.74) is 0. The molecule has 0 fully saturated rings. The highest BCUT2D eigenvalue weighted by Gasteiger charge is 2.19. The first-order valence-electron chi connectivity index (χ1n) is 5.37. The Morgan fingerprint density at radius 3 is 2.53 bits per heavy atom. The quantitative estimate of drug-likeness (QED) is 0.739. The van der Waals surface area contributed by atoms with Crippen LogP contribution in [0, 0.1) is 0 Å². The summed E-state index contributed by atoms with van der Waals surface area (Å²) in [5, 5.41) is 0. The molecule has 1 atom stereocenters. The molecule has 1 unspecified atom stereocenters. The largest absolute Gasteiger partial charge is 0.382 e. The second-order valence-corrected chi connectivity index (χ2v) is 7.25. The molecule has 1 aromatic rings. The molecule has 1 aromatic carbocycles. The van der Waals surface area contributed by atoms with Crippen LogP contribution in [0.25, 0.3) is 0 Å². The van der Waals surface area contributed by atoms with Gasteiger partial charge in [-0.3, -0.25) is 0 Å². The minimum absolute atomic E-state index is 0.148. The highest BCUT2D eigenvalue weighted by molar-refractivity contribution is 9.11. The lowest BCUT2D eigenvalue weighted by molar-refractivity contribution is 0.0320. The number of ether oxygens (including phenoxy) is 2. The van der Waals surface area contributed by atoms with E-state index >= 15 is 0 Å². The first-order chi connectivity index (χ1) is 8.90. The molecule has 0 aliphatic carbocycles. The van der Waals surface area contributed by atoms with E-state index < -0.39 is 10.0 Å². The molecule has 1 N–H and O–H groups in total. The second-order valence-electron chi connectivity index (χ2n) is 3.74. The molecule has 0 heterocycles. The molecular formula is C11H15Br2NO4S. The smallest absolute Gasteiger partial charge is 0.241 e. The fourth-order valence-electron chi connectivity index (χ4n) is 1.37. The van der Waals surface area contributed by atoms with Crippen molar-refractivity contribution in [1.29, 1.82) is 0 Å². The summed E-state index contributed by atoms with van der Waals surface area (Å²) in [6.45, 7) is 0.468. The van der Waals surface area contributed by atoms with E-state index in [4.69, 9.17) is 9.47 Å². The number of halogens is 2. The zero-order valence-corrected chi connectivity index (χ0v) is 14.5.